The first-order valence-electron chi connectivity index (χ1n) is 4.61. The highest BCUT2D eigenvalue weighted by Crippen LogP contribution is 2.25. The van der Waals surface area contributed by atoms with Gasteiger partial charge in [-0.05, 0) is 42.7 Å². The Labute approximate surface area is 88.7 Å². The maximum atomic E-state index is 10.8. The number of hydrogen-bond donors (Lipinski definition) is 2. The summed E-state index contributed by atoms with van der Waals surface area (Å²) in [6, 6.07) is 2.58. The third kappa shape index (κ3) is 2.27. The summed E-state index contributed by atoms with van der Waals surface area (Å²) in [7, 11) is 1.58. The highest BCUT2D eigenvalue weighted by Gasteiger charge is 2.17. The van der Waals surface area contributed by atoms with Gasteiger partial charge in [-0.25, -0.2) is 0 Å². The molecule has 15 heavy (non-hydrogen) atoms. The largest absolute Gasteiger partial charge is 0.496 e. The lowest BCUT2D eigenvalue weighted by atomic mass is 9.99. The van der Waals surface area contributed by atoms with E-state index >= 15 is 0 Å². The molecule has 1 aromatic rings. The van der Waals surface area contributed by atoms with Crippen LogP contribution in [0.1, 0.15) is 22.7 Å². The summed E-state index contributed by atoms with van der Waals surface area (Å²) >= 11 is 0. The Bertz CT molecular complexity index is 388. The third-order valence-corrected chi connectivity index (χ3v) is 2.38. The number of aryl methyl sites for hydroxylation is 2. The molecule has 0 bridgehead atoms. The van der Waals surface area contributed by atoms with Crippen molar-refractivity contribution >= 4 is 5.97 Å². The van der Waals surface area contributed by atoms with Gasteiger partial charge >= 0.3 is 5.97 Å². The normalized spacial score (nSPS) is 12.3. The number of ether oxygens (including phenoxy) is 1. The number of rotatable bonds is 3. The van der Waals surface area contributed by atoms with Crippen molar-refractivity contribution in [3.05, 3.63) is 28.8 Å². The zero-order valence-electron chi connectivity index (χ0n) is 9.07. The van der Waals surface area contributed by atoms with Gasteiger partial charge in [0.25, 0.3) is 0 Å². The molecule has 0 radical (unpaired) electrons. The van der Waals surface area contributed by atoms with Gasteiger partial charge in [0.2, 0.25) is 0 Å². The maximum Gasteiger partial charge on any atom is 0.325 e. The number of nitrogens with two attached hydrogens (primary N) is 1. The van der Waals surface area contributed by atoms with Crippen molar-refractivity contribution in [2.75, 3.05) is 7.11 Å². The molecule has 1 rings (SSSR count). The predicted octanol–water partition coefficient (Wildman–Crippen LogP) is 1.40. The van der Waals surface area contributed by atoms with Crippen LogP contribution in [0.25, 0.3) is 0 Å². The summed E-state index contributed by atoms with van der Waals surface area (Å²) in [5.41, 5.74) is 7.89. The van der Waals surface area contributed by atoms with Gasteiger partial charge in [-0.1, -0.05) is 0 Å². The van der Waals surface area contributed by atoms with Gasteiger partial charge in [-0.3, -0.25) is 4.79 Å². The van der Waals surface area contributed by atoms with E-state index in [0.717, 1.165) is 16.9 Å². The van der Waals surface area contributed by atoms with E-state index in [0.29, 0.717) is 5.56 Å². The predicted molar refractivity (Wildman–Crippen MR) is 57.0 cm³/mol. The van der Waals surface area contributed by atoms with E-state index in [4.69, 9.17) is 15.6 Å². The Kier molecular flexibility index (Phi) is 3.31. The van der Waals surface area contributed by atoms with Crippen LogP contribution in [0, 0.1) is 13.8 Å². The van der Waals surface area contributed by atoms with Crippen LogP contribution >= 0.6 is 0 Å². The van der Waals surface area contributed by atoms with E-state index in [1.807, 2.05) is 13.8 Å². The maximum absolute atomic E-state index is 10.8. The van der Waals surface area contributed by atoms with Gasteiger partial charge in [0.05, 0.1) is 7.11 Å². The van der Waals surface area contributed by atoms with Crippen LogP contribution in [0.15, 0.2) is 12.1 Å². The Morgan fingerprint density at radius 3 is 2.47 bits per heavy atom. The van der Waals surface area contributed by atoms with Crippen molar-refractivity contribution in [3.63, 3.8) is 0 Å². The summed E-state index contributed by atoms with van der Waals surface area (Å²) in [5, 5.41) is 8.82. The average Bonchev–Trinajstić information content (AvgIpc) is 2.19. The highest BCUT2D eigenvalue weighted by molar-refractivity contribution is 5.76. The lowest BCUT2D eigenvalue weighted by molar-refractivity contribution is -0.138. The summed E-state index contributed by atoms with van der Waals surface area (Å²) in [6.45, 7) is 3.68. The van der Waals surface area contributed by atoms with Gasteiger partial charge in [0.1, 0.15) is 11.8 Å². The molecular formula is C11H15NO3. The summed E-state index contributed by atoms with van der Waals surface area (Å²) in [4.78, 5) is 10.8. The van der Waals surface area contributed by atoms with Crippen LogP contribution in [0.2, 0.25) is 0 Å². The van der Waals surface area contributed by atoms with Crippen LogP contribution in [0.3, 0.4) is 0 Å². The quantitative estimate of drug-likeness (QED) is 0.789. The second-order valence-corrected chi connectivity index (χ2v) is 3.49. The Morgan fingerprint density at radius 1 is 1.40 bits per heavy atom. The van der Waals surface area contributed by atoms with E-state index in [2.05, 4.69) is 0 Å². The van der Waals surface area contributed by atoms with Crippen molar-refractivity contribution in [2.45, 2.75) is 19.9 Å². The molecule has 3 N–H and O–H groups in total. The van der Waals surface area contributed by atoms with Gasteiger partial charge < -0.3 is 15.6 Å². The lowest BCUT2D eigenvalue weighted by Crippen LogP contribution is -2.21. The Balaban J connectivity index is 3.21. The van der Waals surface area contributed by atoms with E-state index in [-0.39, 0.29) is 0 Å². The fourth-order valence-electron chi connectivity index (χ4n) is 1.50. The van der Waals surface area contributed by atoms with Crippen LogP contribution in [0.5, 0.6) is 5.75 Å². The molecule has 0 aliphatic rings. The van der Waals surface area contributed by atoms with Crippen molar-refractivity contribution in [2.24, 2.45) is 5.73 Å². The minimum Gasteiger partial charge on any atom is -0.496 e. The van der Waals surface area contributed by atoms with E-state index in [9.17, 15) is 4.79 Å². The molecule has 0 amide bonds. The number of benzene rings is 1. The van der Waals surface area contributed by atoms with Gasteiger partial charge in [0, 0.05) is 0 Å². The number of carbonyl (C=O) groups is 1. The number of carboxylic acid groups (broad SMARTS) is 1. The van der Waals surface area contributed by atoms with Crippen LogP contribution in [-0.2, 0) is 4.79 Å². The molecule has 0 aromatic heterocycles. The standard InChI is InChI=1S/C11H15NO3/c1-6-5-9(15-3)7(2)4-8(6)10(12)11(13)14/h4-5,10H,12H2,1-3H3,(H,13,14)/t10-/m0/s1. The fraction of sp³-hybridized carbons (Fsp3) is 0.364. The molecule has 0 fully saturated rings. The van der Waals surface area contributed by atoms with Crippen molar-refractivity contribution in [3.8, 4) is 5.75 Å². The summed E-state index contributed by atoms with van der Waals surface area (Å²) < 4.78 is 5.13. The third-order valence-electron chi connectivity index (χ3n) is 2.38. The molecule has 0 aliphatic carbocycles. The topological polar surface area (TPSA) is 72.5 Å². The molecule has 0 saturated heterocycles. The van der Waals surface area contributed by atoms with Crippen LogP contribution in [0.4, 0.5) is 0 Å². The SMILES string of the molecule is COc1cc(C)c([C@H](N)C(=O)O)cc1C. The molecule has 1 atom stereocenters. The summed E-state index contributed by atoms with van der Waals surface area (Å²) in [5.74, 6) is -0.281. The molecule has 0 saturated carbocycles. The number of aliphatic carboxylic acids is 1. The highest BCUT2D eigenvalue weighted by atomic mass is 16.5. The van der Waals surface area contributed by atoms with E-state index in [1.54, 1.807) is 19.2 Å². The lowest BCUT2D eigenvalue weighted by Gasteiger charge is -2.14. The van der Waals surface area contributed by atoms with Crippen LogP contribution < -0.4 is 10.5 Å². The molecule has 1 aromatic carbocycles. The first-order valence-corrected chi connectivity index (χ1v) is 4.61. The van der Waals surface area contributed by atoms with Crippen LogP contribution in [-0.4, -0.2) is 18.2 Å². The van der Waals surface area contributed by atoms with E-state index < -0.39 is 12.0 Å². The molecule has 4 nitrogen and oxygen atoms in total. The molecule has 0 spiro atoms. The Hall–Kier alpha value is -1.55. The molecule has 0 aliphatic heterocycles. The molecule has 82 valence electrons. The molecule has 0 heterocycles. The first-order chi connectivity index (χ1) is 6.97. The number of carboxylic acids is 1. The number of hydrogen-bond acceptors (Lipinski definition) is 3. The summed E-state index contributed by atoms with van der Waals surface area (Å²) in [6.07, 6.45) is 0. The smallest absolute Gasteiger partial charge is 0.325 e. The van der Waals surface area contributed by atoms with Crippen molar-refractivity contribution in [1.29, 1.82) is 0 Å². The zero-order chi connectivity index (χ0) is 11.6. The molecular weight excluding hydrogens is 194 g/mol. The monoisotopic (exact) mass is 209 g/mol. The minimum atomic E-state index is -1.03. The first kappa shape index (κ1) is 11.5. The van der Waals surface area contributed by atoms with E-state index in [1.165, 1.54) is 0 Å². The molecule has 4 heteroatoms. The average molecular weight is 209 g/mol. The van der Waals surface area contributed by atoms with Crippen molar-refractivity contribution < 1.29 is 14.6 Å². The second kappa shape index (κ2) is 4.31. The molecule has 0 unspecified atom stereocenters. The van der Waals surface area contributed by atoms with Gasteiger partial charge in [-0.2, -0.15) is 0 Å². The minimum absolute atomic E-state index is 0.626. The number of methoxy groups -OCH3 is 1. The Morgan fingerprint density at radius 2 is 2.00 bits per heavy atom. The fourth-order valence-corrected chi connectivity index (χ4v) is 1.50. The zero-order valence-corrected chi connectivity index (χ0v) is 9.07. The van der Waals surface area contributed by atoms with Gasteiger partial charge in [-0.15, -0.1) is 0 Å². The van der Waals surface area contributed by atoms with Crippen molar-refractivity contribution in [1.82, 2.24) is 0 Å². The second-order valence-electron chi connectivity index (χ2n) is 3.49. The van der Waals surface area contributed by atoms with Gasteiger partial charge in [0.15, 0.2) is 0 Å².